The van der Waals surface area contributed by atoms with E-state index in [1.165, 1.54) is 0 Å². The summed E-state index contributed by atoms with van der Waals surface area (Å²) in [6, 6.07) is 1.67. The van der Waals surface area contributed by atoms with E-state index in [0.29, 0.717) is 10.7 Å². The Morgan fingerprint density at radius 3 is 2.73 bits per heavy atom. The smallest absolute Gasteiger partial charge is 0.270 e. The van der Waals surface area contributed by atoms with Crippen LogP contribution in [-0.4, -0.2) is 68.2 Å². The van der Waals surface area contributed by atoms with Gasteiger partial charge in [-0.05, 0) is 12.5 Å². The third-order valence-corrected chi connectivity index (χ3v) is 4.08. The van der Waals surface area contributed by atoms with Gasteiger partial charge in [-0.25, -0.2) is 4.98 Å². The van der Waals surface area contributed by atoms with Crippen LogP contribution in [0.3, 0.4) is 0 Å². The van der Waals surface area contributed by atoms with Gasteiger partial charge in [0.15, 0.2) is 0 Å². The molecule has 3 heterocycles. The van der Waals surface area contributed by atoms with Gasteiger partial charge in [-0.2, -0.15) is 5.10 Å². The number of hydrogen-bond acceptors (Lipinski definition) is 4. The van der Waals surface area contributed by atoms with Crippen molar-refractivity contribution in [3.8, 4) is 0 Å². The summed E-state index contributed by atoms with van der Waals surface area (Å²) in [5.41, 5.74) is 0.560. The van der Waals surface area contributed by atoms with Gasteiger partial charge in [0.2, 0.25) is 0 Å². The zero-order valence-corrected chi connectivity index (χ0v) is 13.0. The highest BCUT2D eigenvalue weighted by Gasteiger charge is 2.22. The number of aromatic amines is 1. The summed E-state index contributed by atoms with van der Waals surface area (Å²) in [7, 11) is 0. The van der Waals surface area contributed by atoms with Gasteiger partial charge in [0.25, 0.3) is 5.91 Å². The second kappa shape index (κ2) is 6.93. The van der Waals surface area contributed by atoms with Gasteiger partial charge in [0.05, 0.1) is 5.02 Å². The summed E-state index contributed by atoms with van der Waals surface area (Å²) in [6.07, 6.45) is 5.95. The molecule has 0 aliphatic carbocycles. The minimum atomic E-state index is 0.0224. The first kappa shape index (κ1) is 15.1. The molecule has 0 atom stereocenters. The Bertz CT molecular complexity index is 603. The Hall–Kier alpha value is -1.86. The van der Waals surface area contributed by atoms with E-state index in [0.717, 1.165) is 45.7 Å². The summed E-state index contributed by atoms with van der Waals surface area (Å²) >= 11 is 5.84. The van der Waals surface area contributed by atoms with E-state index in [2.05, 4.69) is 20.0 Å². The van der Waals surface area contributed by atoms with Crippen LogP contribution in [0.25, 0.3) is 0 Å². The van der Waals surface area contributed by atoms with Gasteiger partial charge < -0.3 is 9.88 Å². The van der Waals surface area contributed by atoms with Crippen molar-refractivity contribution in [1.29, 1.82) is 0 Å². The topological polar surface area (TPSA) is 70.1 Å². The predicted octanol–water partition coefficient (Wildman–Crippen LogP) is 1.11. The van der Waals surface area contributed by atoms with Crippen molar-refractivity contribution < 1.29 is 4.79 Å². The third kappa shape index (κ3) is 3.66. The number of carbonyl (C=O) groups is 1. The highest BCUT2D eigenvalue weighted by molar-refractivity contribution is 6.30. The molecule has 8 heteroatoms. The number of nitrogens with zero attached hydrogens (tertiary/aromatic N) is 5. The average molecular weight is 323 g/mol. The summed E-state index contributed by atoms with van der Waals surface area (Å²) in [5.74, 6) is 0.0224. The molecule has 2 aromatic rings. The van der Waals surface area contributed by atoms with E-state index in [1.807, 2.05) is 9.58 Å². The molecule has 1 aliphatic rings. The van der Waals surface area contributed by atoms with Crippen LogP contribution in [0, 0.1) is 0 Å². The lowest BCUT2D eigenvalue weighted by molar-refractivity contribution is 0.0629. The Morgan fingerprint density at radius 1 is 1.27 bits per heavy atom. The summed E-state index contributed by atoms with van der Waals surface area (Å²) in [5, 5.41) is 4.65. The maximum absolute atomic E-state index is 12.3. The summed E-state index contributed by atoms with van der Waals surface area (Å²) < 4.78 is 1.84. The van der Waals surface area contributed by atoms with Crippen molar-refractivity contribution in [3.63, 3.8) is 0 Å². The number of carbonyl (C=O) groups excluding carboxylic acids is 1. The van der Waals surface area contributed by atoms with E-state index >= 15 is 0 Å². The molecular weight excluding hydrogens is 304 g/mol. The van der Waals surface area contributed by atoms with E-state index in [9.17, 15) is 4.79 Å². The first-order valence-electron chi connectivity index (χ1n) is 7.40. The van der Waals surface area contributed by atoms with Crippen LogP contribution >= 0.6 is 11.6 Å². The molecule has 0 bridgehead atoms. The number of piperazine rings is 1. The lowest BCUT2D eigenvalue weighted by Gasteiger charge is -2.34. The highest BCUT2D eigenvalue weighted by atomic mass is 35.5. The molecule has 1 saturated heterocycles. The number of halogens is 1. The number of H-pyrrole nitrogens is 1. The van der Waals surface area contributed by atoms with Crippen molar-refractivity contribution >= 4 is 17.5 Å². The highest BCUT2D eigenvalue weighted by Crippen LogP contribution is 2.13. The number of aryl methyl sites for hydroxylation is 1. The molecule has 0 spiro atoms. The monoisotopic (exact) mass is 322 g/mol. The molecule has 0 saturated carbocycles. The Kier molecular flexibility index (Phi) is 4.74. The van der Waals surface area contributed by atoms with Crippen LogP contribution in [-0.2, 0) is 6.54 Å². The van der Waals surface area contributed by atoms with Crippen LogP contribution in [0.5, 0.6) is 0 Å². The fourth-order valence-corrected chi connectivity index (χ4v) is 2.80. The third-order valence-electron chi connectivity index (χ3n) is 3.87. The maximum Gasteiger partial charge on any atom is 0.270 e. The van der Waals surface area contributed by atoms with E-state index in [-0.39, 0.29) is 5.91 Å². The van der Waals surface area contributed by atoms with Gasteiger partial charge in [0, 0.05) is 45.5 Å². The second-order valence-electron chi connectivity index (χ2n) is 5.38. The van der Waals surface area contributed by atoms with Gasteiger partial charge in [-0.15, -0.1) is 0 Å². The molecule has 0 unspecified atom stereocenters. The zero-order chi connectivity index (χ0) is 15.4. The predicted molar refractivity (Wildman–Crippen MR) is 82.8 cm³/mol. The Morgan fingerprint density at radius 2 is 2.09 bits per heavy atom. The molecular formula is C14H19ClN6O. The minimum absolute atomic E-state index is 0.0224. The molecule has 1 aliphatic heterocycles. The van der Waals surface area contributed by atoms with E-state index in [1.54, 1.807) is 24.9 Å². The van der Waals surface area contributed by atoms with Gasteiger partial charge in [-0.3, -0.25) is 14.4 Å². The van der Waals surface area contributed by atoms with Crippen LogP contribution < -0.4 is 0 Å². The van der Waals surface area contributed by atoms with E-state index < -0.39 is 0 Å². The number of hydrogen-bond donors (Lipinski definition) is 1. The normalized spacial score (nSPS) is 16.1. The number of rotatable bonds is 5. The first-order chi connectivity index (χ1) is 10.7. The molecule has 0 aromatic carbocycles. The fraction of sp³-hybridized carbons (Fsp3) is 0.500. The van der Waals surface area contributed by atoms with Crippen LogP contribution in [0.4, 0.5) is 0 Å². The van der Waals surface area contributed by atoms with Gasteiger partial charge in [0.1, 0.15) is 18.3 Å². The van der Waals surface area contributed by atoms with Crippen LogP contribution in [0.2, 0.25) is 5.02 Å². The van der Waals surface area contributed by atoms with Crippen molar-refractivity contribution in [2.75, 3.05) is 32.7 Å². The lowest BCUT2D eigenvalue weighted by Crippen LogP contribution is -2.49. The van der Waals surface area contributed by atoms with Crippen molar-refractivity contribution in [2.24, 2.45) is 0 Å². The van der Waals surface area contributed by atoms with Crippen LogP contribution in [0.1, 0.15) is 16.9 Å². The minimum Gasteiger partial charge on any atom is -0.356 e. The summed E-state index contributed by atoms with van der Waals surface area (Å²) in [4.78, 5) is 23.4. The number of nitrogens with one attached hydrogen (secondary N) is 1. The number of aromatic nitrogens is 4. The van der Waals surface area contributed by atoms with Crippen LogP contribution in [0.15, 0.2) is 24.9 Å². The molecule has 1 amide bonds. The fourth-order valence-electron chi connectivity index (χ4n) is 2.64. The van der Waals surface area contributed by atoms with Crippen molar-refractivity contribution in [3.05, 3.63) is 35.6 Å². The first-order valence-corrected chi connectivity index (χ1v) is 7.78. The van der Waals surface area contributed by atoms with E-state index in [4.69, 9.17) is 11.6 Å². The molecule has 7 nitrogen and oxygen atoms in total. The maximum atomic E-state index is 12.3. The lowest BCUT2D eigenvalue weighted by atomic mass is 10.2. The average Bonchev–Trinajstić information content (AvgIpc) is 3.19. The molecule has 22 heavy (non-hydrogen) atoms. The quantitative estimate of drug-likeness (QED) is 0.895. The zero-order valence-electron chi connectivity index (χ0n) is 12.3. The second-order valence-corrected chi connectivity index (χ2v) is 5.81. The molecule has 3 rings (SSSR count). The molecule has 2 aromatic heterocycles. The summed E-state index contributed by atoms with van der Waals surface area (Å²) in [6.45, 7) is 5.18. The number of amides is 1. The largest absolute Gasteiger partial charge is 0.356 e. The molecule has 1 fully saturated rings. The standard InChI is InChI=1S/C14H19ClN6O/c15-12-8-13(17-9-12)14(22)20-6-4-19(5-7-20)2-1-3-21-11-16-10-18-21/h8-11,17H,1-7H2. The van der Waals surface area contributed by atoms with Crippen molar-refractivity contribution in [2.45, 2.75) is 13.0 Å². The van der Waals surface area contributed by atoms with Gasteiger partial charge in [-0.1, -0.05) is 11.6 Å². The SMILES string of the molecule is O=C(c1cc(Cl)c[nH]1)N1CCN(CCCn2cncn2)CC1. The van der Waals surface area contributed by atoms with Gasteiger partial charge >= 0.3 is 0 Å². The Labute approximate surface area is 133 Å². The molecule has 1 N–H and O–H groups in total. The van der Waals surface area contributed by atoms with Crippen molar-refractivity contribution in [1.82, 2.24) is 29.5 Å². The molecule has 0 radical (unpaired) electrons. The Balaban J connectivity index is 1.41. The molecule has 118 valence electrons.